The van der Waals surface area contributed by atoms with Gasteiger partial charge in [-0.15, -0.1) is 0 Å². The van der Waals surface area contributed by atoms with Gasteiger partial charge in [0, 0.05) is 29.1 Å². The molecule has 34 heavy (non-hydrogen) atoms. The normalized spacial score (nSPS) is 12.2. The van der Waals surface area contributed by atoms with E-state index in [0.717, 1.165) is 51.2 Å². The molecule has 0 amide bonds. The van der Waals surface area contributed by atoms with E-state index in [1.165, 1.54) is 5.56 Å². The average Bonchev–Trinajstić information content (AvgIpc) is 3.39. The van der Waals surface area contributed by atoms with Gasteiger partial charge in [-0.05, 0) is 49.6 Å². The number of carbonyl (C=O) groups is 1. The van der Waals surface area contributed by atoms with E-state index >= 15 is 0 Å². The number of aromatic nitrogens is 3. The Hall–Kier alpha value is -4.19. The predicted molar refractivity (Wildman–Crippen MR) is 132 cm³/mol. The molecule has 5 rings (SSSR count). The Labute approximate surface area is 197 Å². The van der Waals surface area contributed by atoms with E-state index in [1.807, 2.05) is 38.2 Å². The van der Waals surface area contributed by atoms with E-state index in [0.29, 0.717) is 0 Å². The summed E-state index contributed by atoms with van der Waals surface area (Å²) in [5.74, 6) is -0.178. The summed E-state index contributed by atoms with van der Waals surface area (Å²) in [6, 6.07) is 19.7. The highest BCUT2D eigenvalue weighted by Crippen LogP contribution is 2.37. The third-order valence-corrected chi connectivity index (χ3v) is 6.34. The van der Waals surface area contributed by atoms with Crippen molar-refractivity contribution in [1.82, 2.24) is 14.7 Å². The highest BCUT2D eigenvalue weighted by atomic mass is 16.5. The number of carboxylic acids is 1. The SMILES string of the molecule is CC[C@H](c1ccccc1)n1cc(-c2ccc(C(=O)O)cc2)c2ncc(-c3c(C)noc3C)cc21. The number of pyridine rings is 1. The minimum Gasteiger partial charge on any atom is -0.478 e. The van der Waals surface area contributed by atoms with E-state index < -0.39 is 5.97 Å². The predicted octanol–water partition coefficient (Wildman–Crippen LogP) is 6.67. The van der Waals surface area contributed by atoms with Crippen LogP contribution in [0, 0.1) is 13.8 Å². The standard InChI is InChI=1S/C28H25N3O3/c1-4-24(20-8-6-5-7-9-20)31-16-23(19-10-12-21(13-11-19)28(32)33)27-25(31)14-22(15-29-27)26-17(2)30-34-18(26)3/h5-16,24H,4H2,1-3H3,(H,32,33)/t24-/m1/s1. The second kappa shape index (κ2) is 8.63. The molecule has 3 heterocycles. The first-order chi connectivity index (χ1) is 16.5. The topological polar surface area (TPSA) is 81.2 Å². The molecule has 3 aromatic heterocycles. The first kappa shape index (κ1) is 21.6. The quantitative estimate of drug-likeness (QED) is 0.312. The smallest absolute Gasteiger partial charge is 0.335 e. The molecule has 1 atom stereocenters. The minimum absolute atomic E-state index is 0.123. The van der Waals surface area contributed by atoms with Crippen LogP contribution in [0.3, 0.4) is 0 Å². The van der Waals surface area contributed by atoms with Crippen molar-refractivity contribution in [3.05, 3.63) is 95.6 Å². The van der Waals surface area contributed by atoms with E-state index in [9.17, 15) is 9.90 Å². The van der Waals surface area contributed by atoms with Crippen LogP contribution in [0.25, 0.3) is 33.3 Å². The zero-order valence-corrected chi connectivity index (χ0v) is 19.3. The Morgan fingerprint density at radius 2 is 1.79 bits per heavy atom. The van der Waals surface area contributed by atoms with E-state index in [1.54, 1.807) is 12.1 Å². The van der Waals surface area contributed by atoms with Crippen molar-refractivity contribution in [1.29, 1.82) is 0 Å². The average molecular weight is 452 g/mol. The van der Waals surface area contributed by atoms with Crippen molar-refractivity contribution < 1.29 is 14.4 Å². The number of nitrogens with zero attached hydrogens (tertiary/aromatic N) is 3. The van der Waals surface area contributed by atoms with Gasteiger partial charge in [-0.1, -0.05) is 54.5 Å². The van der Waals surface area contributed by atoms with Crippen molar-refractivity contribution in [2.45, 2.75) is 33.2 Å². The molecule has 0 unspecified atom stereocenters. The summed E-state index contributed by atoms with van der Waals surface area (Å²) in [5.41, 5.74) is 7.99. The molecule has 170 valence electrons. The van der Waals surface area contributed by atoms with Gasteiger partial charge in [0.05, 0.1) is 28.3 Å². The first-order valence-electron chi connectivity index (χ1n) is 11.3. The number of aromatic carboxylic acids is 1. The van der Waals surface area contributed by atoms with Crippen LogP contribution in [0.4, 0.5) is 0 Å². The minimum atomic E-state index is -0.939. The van der Waals surface area contributed by atoms with Gasteiger partial charge in [0.15, 0.2) is 0 Å². The van der Waals surface area contributed by atoms with Gasteiger partial charge in [0.25, 0.3) is 0 Å². The van der Waals surface area contributed by atoms with Crippen LogP contribution in [-0.4, -0.2) is 25.8 Å². The highest BCUT2D eigenvalue weighted by molar-refractivity contribution is 5.96. The van der Waals surface area contributed by atoms with Crippen LogP contribution in [0.1, 0.15) is 46.8 Å². The number of carboxylic acid groups (broad SMARTS) is 1. The third-order valence-electron chi connectivity index (χ3n) is 6.34. The molecule has 6 nitrogen and oxygen atoms in total. The van der Waals surface area contributed by atoms with Gasteiger partial charge in [-0.3, -0.25) is 4.98 Å². The Balaban J connectivity index is 1.74. The van der Waals surface area contributed by atoms with E-state index in [-0.39, 0.29) is 11.6 Å². The van der Waals surface area contributed by atoms with Gasteiger partial charge < -0.3 is 14.2 Å². The van der Waals surface area contributed by atoms with Gasteiger partial charge in [0.1, 0.15) is 5.76 Å². The summed E-state index contributed by atoms with van der Waals surface area (Å²) in [7, 11) is 0. The molecular formula is C28H25N3O3. The number of aryl methyl sites for hydroxylation is 2. The maximum absolute atomic E-state index is 11.3. The fourth-order valence-electron chi connectivity index (χ4n) is 4.69. The van der Waals surface area contributed by atoms with Crippen molar-refractivity contribution >= 4 is 17.0 Å². The lowest BCUT2D eigenvalue weighted by molar-refractivity contribution is 0.0697. The lowest BCUT2D eigenvalue weighted by Gasteiger charge is -2.19. The molecule has 0 bridgehead atoms. The van der Waals surface area contributed by atoms with Crippen LogP contribution in [-0.2, 0) is 0 Å². The highest BCUT2D eigenvalue weighted by Gasteiger charge is 2.21. The van der Waals surface area contributed by atoms with Crippen LogP contribution in [0.15, 0.2) is 77.6 Å². The van der Waals surface area contributed by atoms with E-state index in [2.05, 4.69) is 53.2 Å². The van der Waals surface area contributed by atoms with Crippen LogP contribution in [0.5, 0.6) is 0 Å². The molecule has 1 N–H and O–H groups in total. The molecule has 6 heteroatoms. The summed E-state index contributed by atoms with van der Waals surface area (Å²) in [4.78, 5) is 16.2. The molecule has 0 aliphatic heterocycles. The number of benzene rings is 2. The van der Waals surface area contributed by atoms with Crippen molar-refractivity contribution in [3.63, 3.8) is 0 Å². The number of hydrogen-bond acceptors (Lipinski definition) is 4. The molecule has 0 aliphatic carbocycles. The number of hydrogen-bond donors (Lipinski definition) is 1. The Morgan fingerprint density at radius 3 is 2.41 bits per heavy atom. The lowest BCUT2D eigenvalue weighted by Crippen LogP contribution is -2.08. The molecule has 0 saturated heterocycles. The molecule has 0 radical (unpaired) electrons. The van der Waals surface area contributed by atoms with Crippen LogP contribution < -0.4 is 0 Å². The Bertz CT molecular complexity index is 1460. The molecule has 0 spiro atoms. The number of fused-ring (bicyclic) bond motifs is 1. The third kappa shape index (κ3) is 3.67. The molecule has 0 fully saturated rings. The molecule has 5 aromatic rings. The first-order valence-corrected chi connectivity index (χ1v) is 11.3. The van der Waals surface area contributed by atoms with Crippen molar-refractivity contribution in [3.8, 4) is 22.3 Å². The summed E-state index contributed by atoms with van der Waals surface area (Å²) >= 11 is 0. The molecule has 2 aromatic carbocycles. The molecular weight excluding hydrogens is 426 g/mol. The summed E-state index contributed by atoms with van der Waals surface area (Å²) < 4.78 is 7.68. The summed E-state index contributed by atoms with van der Waals surface area (Å²) in [6.45, 7) is 6.02. The zero-order valence-electron chi connectivity index (χ0n) is 19.3. The summed E-state index contributed by atoms with van der Waals surface area (Å²) in [6.07, 6.45) is 4.89. The fourth-order valence-corrected chi connectivity index (χ4v) is 4.69. The van der Waals surface area contributed by atoms with Gasteiger partial charge in [-0.2, -0.15) is 0 Å². The maximum Gasteiger partial charge on any atom is 0.335 e. The summed E-state index contributed by atoms with van der Waals surface area (Å²) in [5, 5.41) is 13.4. The van der Waals surface area contributed by atoms with Crippen LogP contribution >= 0.6 is 0 Å². The Morgan fingerprint density at radius 1 is 1.06 bits per heavy atom. The molecule has 0 saturated carbocycles. The van der Waals surface area contributed by atoms with Crippen LogP contribution in [0.2, 0.25) is 0 Å². The Kier molecular flexibility index (Phi) is 5.49. The zero-order chi connectivity index (χ0) is 23.8. The second-order valence-electron chi connectivity index (χ2n) is 8.46. The molecule has 0 aliphatic rings. The second-order valence-corrected chi connectivity index (χ2v) is 8.46. The number of rotatable bonds is 6. The van der Waals surface area contributed by atoms with Crippen molar-refractivity contribution in [2.75, 3.05) is 0 Å². The van der Waals surface area contributed by atoms with E-state index in [4.69, 9.17) is 9.51 Å². The lowest BCUT2D eigenvalue weighted by atomic mass is 10.0. The van der Waals surface area contributed by atoms with Crippen molar-refractivity contribution in [2.24, 2.45) is 0 Å². The van der Waals surface area contributed by atoms with Gasteiger partial charge >= 0.3 is 5.97 Å². The fraction of sp³-hybridized carbons (Fsp3) is 0.179. The largest absolute Gasteiger partial charge is 0.478 e. The van der Waals surface area contributed by atoms with Gasteiger partial charge in [0.2, 0.25) is 0 Å². The van der Waals surface area contributed by atoms with Gasteiger partial charge in [-0.25, -0.2) is 4.79 Å². The monoisotopic (exact) mass is 451 g/mol. The maximum atomic E-state index is 11.3.